The highest BCUT2D eigenvalue weighted by Gasteiger charge is 2.41. The Kier molecular flexibility index (Phi) is 34.6. The van der Waals surface area contributed by atoms with E-state index in [0.717, 1.165) is 176 Å². The van der Waals surface area contributed by atoms with E-state index >= 15 is 0 Å². The minimum Gasteiger partial charge on any atom is -0.494 e. The van der Waals surface area contributed by atoms with E-state index in [4.69, 9.17) is 106 Å². The molecule has 0 bridgehead atoms. The van der Waals surface area contributed by atoms with Gasteiger partial charge in [0.2, 0.25) is 0 Å². The number of carbonyl (C=O) groups is 4. The number of aromatic nitrogens is 7. The number of morpholine rings is 1. The van der Waals surface area contributed by atoms with E-state index in [1.165, 1.54) is 15.9 Å². The molecule has 6 atom stereocenters. The fourth-order valence-corrected chi connectivity index (χ4v) is 20.3. The molecule has 7 N–H and O–H groups in total. The van der Waals surface area contributed by atoms with Crippen LogP contribution in [0.25, 0.3) is 43.6 Å². The van der Waals surface area contributed by atoms with Crippen molar-refractivity contribution in [1.82, 2.24) is 69.2 Å². The molecule has 0 saturated carbocycles. The maximum atomic E-state index is 13.5. The summed E-state index contributed by atoms with van der Waals surface area (Å²) in [6, 6.07) is 59.6. The number of piperazine rings is 1. The molecule has 2 saturated heterocycles. The monoisotopic (exact) mass is 2050 g/mol. The largest absolute Gasteiger partial charge is 0.494 e. The van der Waals surface area contributed by atoms with E-state index in [2.05, 4.69) is 58.5 Å². The number of benzene rings is 9. The second-order valence-corrected chi connectivity index (χ2v) is 38.7. The number of aliphatic hydroxyl groups is 3. The van der Waals surface area contributed by atoms with E-state index in [0.29, 0.717) is 127 Å². The molecule has 6 aliphatic rings. The number of H-pyrrole nitrogens is 4. The second-order valence-electron chi connectivity index (χ2n) is 36.5. The van der Waals surface area contributed by atoms with Crippen LogP contribution in [0.5, 0.6) is 28.7 Å². The zero-order valence-corrected chi connectivity index (χ0v) is 84.5. The number of likely N-dealkylation sites (N-methyl/N-ethyl adjacent to an activating group) is 1. The lowest BCUT2D eigenvalue weighted by Crippen LogP contribution is -2.44. The lowest BCUT2D eigenvalue weighted by atomic mass is 9.92. The Labute approximate surface area is 860 Å². The third-order valence-corrected chi connectivity index (χ3v) is 27.6. The quantitative estimate of drug-likeness (QED) is 0.0136. The van der Waals surface area contributed by atoms with E-state index in [1.54, 1.807) is 69.3 Å². The standard InChI is InChI=1S/C31H31Cl2N3O5.C29H35ClN4O3.C25H26ClN5O4.C24H27ClN2O4/c32-21-3-8-25(9-4-21)41-31(38)36-12-11-26-27-17-22(33)5-10-28(27)34-29(26)30(36)20-1-6-24(7-2-20)40-19-23(37)18-35-13-15-39-16-14-35;1-3-18-37-29(35)34-13-11-24-25-20-22(30)7-10-26(25)31-27(24)28(34)21-5-8-23(9-6-21)36-19-4-12-33-16-14-32(2)15-17-33;1-2-34-25(33)30-12-9-20-21-13-17(26)5-8-22(21)29-23(20)24(30)16-3-6-19(7-4-16)35-15-18(32)14-31-27-10-11-28-31;1-15(2)31-24(29)27-11-10-19-20-14-17(25)6-9-21(20)26-22(19)23(27)16-4-7-18(8-5-16)30-13-3-12-28/h1-10,17,23,30,34,37H,11-16,18-19H2;3,5-10,20,28,31H,1,4,11-19H2,2H3;3-8,10-11,13,18,24,29,32H,2,9,12,14-15H2,1H3;4-9,14-15,23,26,28H,3,10-13H2,1-2H3/t23-,30-;;;/m0.../s1. The minimum absolute atomic E-state index is 0.0975. The molecule has 0 aliphatic carbocycles. The lowest BCUT2D eigenvalue weighted by molar-refractivity contribution is 0.00464. The van der Waals surface area contributed by atoms with Gasteiger partial charge in [-0.2, -0.15) is 15.0 Å². The fraction of sp³-hybridized carbons (Fsp3) is 0.358. The highest BCUT2D eigenvalue weighted by molar-refractivity contribution is 6.32. The SMILES string of the molecule is C=CCOC(=O)N1CCc2c([nH]c3ccc(Cl)cc23)C1c1ccc(OCCCN2CCN(C)CC2)cc1.CC(C)OC(=O)N1CCc2c([nH]c3ccc(Cl)cc23)C1c1ccc(OCCCO)cc1.CCOC(=O)N1CCc2c([nH]c3ccc(Cl)cc23)C1c1ccc(OCC(O)Cn2nccn2)cc1.O=C(Oc1ccc(Cl)cc1)N1CCc2c([nH]c3ccc(Cl)cc23)[C@@H]1c1ccc(OC[C@@H](O)CN2CCOCC2)cc1. The fourth-order valence-electron chi connectivity index (χ4n) is 19.5. The molecule has 0 spiro atoms. The number of halogens is 5. The van der Waals surface area contributed by atoms with Gasteiger partial charge < -0.3 is 87.7 Å². The Bertz CT molecular complexity index is 6690. The third kappa shape index (κ3) is 25.2. The van der Waals surface area contributed by atoms with E-state index < -0.39 is 24.3 Å². The molecule has 2 fully saturated rings. The number of nitrogens with one attached hydrogen (secondary N) is 4. The maximum Gasteiger partial charge on any atom is 0.416 e. The molecule has 9 aromatic carbocycles. The van der Waals surface area contributed by atoms with E-state index in [-0.39, 0.29) is 75.5 Å². The Morgan fingerprint density at radius 3 is 1.19 bits per heavy atom. The zero-order chi connectivity index (χ0) is 100. The van der Waals surface area contributed by atoms with Crippen LogP contribution in [-0.2, 0) is 51.2 Å². The van der Waals surface area contributed by atoms with E-state index in [1.807, 2.05) is 184 Å². The van der Waals surface area contributed by atoms with Gasteiger partial charge in [0.15, 0.2) is 0 Å². The molecule has 4 amide bonds. The molecule has 14 aromatic rings. The Morgan fingerprint density at radius 2 is 0.799 bits per heavy atom. The van der Waals surface area contributed by atoms with Gasteiger partial charge in [-0.05, 0) is 250 Å². The number of ether oxygens (including phenoxy) is 9. The van der Waals surface area contributed by atoms with Crippen molar-refractivity contribution in [2.75, 3.05) is 145 Å². The van der Waals surface area contributed by atoms with Crippen LogP contribution < -0.4 is 23.7 Å². The number of hydrogen-bond donors (Lipinski definition) is 7. The summed E-state index contributed by atoms with van der Waals surface area (Å²) in [4.78, 5) is 81.9. The number of carbonyl (C=O) groups excluding carboxylic acids is 4. The van der Waals surface area contributed by atoms with Crippen LogP contribution in [0.15, 0.2) is 219 Å². The number of aliphatic hydroxyl groups excluding tert-OH is 3. The molecular weight excluding hydrogens is 1940 g/mol. The van der Waals surface area contributed by atoms with Crippen molar-refractivity contribution >= 4 is 126 Å². The first kappa shape index (κ1) is 103. The molecule has 30 nitrogen and oxygen atoms in total. The summed E-state index contributed by atoms with van der Waals surface area (Å²) in [7, 11) is 2.18. The number of β-amino-alcohol motifs (C(OH)–C–C–N with tert-alkyl or cyclic N) is 1. The van der Waals surface area contributed by atoms with Gasteiger partial charge in [0.05, 0.1) is 58.1 Å². The first-order valence-corrected chi connectivity index (χ1v) is 50.7. The van der Waals surface area contributed by atoms with Crippen LogP contribution in [0.3, 0.4) is 0 Å². The summed E-state index contributed by atoms with van der Waals surface area (Å²) in [6.07, 6.45) is 6.06. The number of fused-ring (bicyclic) bond motifs is 12. The Balaban J connectivity index is 0.000000132. The first-order valence-electron chi connectivity index (χ1n) is 48.8. The summed E-state index contributed by atoms with van der Waals surface area (Å²) in [5, 5.41) is 45.2. The van der Waals surface area contributed by atoms with Crippen LogP contribution in [0.1, 0.15) is 125 Å². The highest BCUT2D eigenvalue weighted by Crippen LogP contribution is 2.46. The predicted octanol–water partition coefficient (Wildman–Crippen LogP) is 19.8. The van der Waals surface area contributed by atoms with E-state index in [9.17, 15) is 29.4 Å². The van der Waals surface area contributed by atoms with Gasteiger partial charge in [0, 0.05) is 183 Å². The van der Waals surface area contributed by atoms with Crippen LogP contribution in [0.4, 0.5) is 19.2 Å². The average Bonchev–Trinajstić information content (AvgIpc) is 1.60. The van der Waals surface area contributed by atoms with Crippen molar-refractivity contribution in [3.05, 3.63) is 312 Å². The van der Waals surface area contributed by atoms with Gasteiger partial charge in [-0.25, -0.2) is 19.2 Å². The first-order chi connectivity index (χ1) is 70.0. The molecule has 4 unspecified atom stereocenters. The number of rotatable bonds is 28. The van der Waals surface area contributed by atoms with Gasteiger partial charge in [-0.15, -0.1) is 0 Å². The molecule has 0 radical (unpaired) electrons. The van der Waals surface area contributed by atoms with Crippen molar-refractivity contribution in [2.24, 2.45) is 0 Å². The molecule has 20 rings (SSSR count). The molecule has 144 heavy (non-hydrogen) atoms. The minimum atomic E-state index is -0.750. The zero-order valence-electron chi connectivity index (χ0n) is 80.8. The summed E-state index contributed by atoms with van der Waals surface area (Å²) in [6.45, 7) is 22.6. The van der Waals surface area contributed by atoms with Gasteiger partial charge in [0.1, 0.15) is 84.9 Å². The van der Waals surface area contributed by atoms with Crippen LogP contribution in [0, 0.1) is 0 Å². The van der Waals surface area contributed by atoms with Crippen molar-refractivity contribution in [1.29, 1.82) is 0 Å². The number of nitrogens with zero attached hydrogens (tertiary/aromatic N) is 10. The molecular formula is C109H119Cl5N14O16. The van der Waals surface area contributed by atoms with Crippen LogP contribution in [-0.4, -0.2) is 272 Å². The van der Waals surface area contributed by atoms with Crippen LogP contribution in [0.2, 0.25) is 25.1 Å². The van der Waals surface area contributed by atoms with Gasteiger partial charge >= 0.3 is 24.4 Å². The van der Waals surface area contributed by atoms with Crippen molar-refractivity contribution < 1.29 is 77.1 Å². The highest BCUT2D eigenvalue weighted by atomic mass is 35.5. The van der Waals surface area contributed by atoms with Gasteiger partial charge in [0.25, 0.3) is 0 Å². The topological polar surface area (TPSA) is 329 Å². The van der Waals surface area contributed by atoms with Gasteiger partial charge in [-0.3, -0.25) is 24.5 Å². The maximum absolute atomic E-state index is 13.5. The summed E-state index contributed by atoms with van der Waals surface area (Å²) in [5.41, 5.74) is 16.3. The number of hydrogen-bond acceptors (Lipinski definition) is 21. The average molecular weight is 2060 g/mol. The van der Waals surface area contributed by atoms with Crippen molar-refractivity contribution in [3.8, 4) is 28.7 Å². The molecule has 5 aromatic heterocycles. The smallest absolute Gasteiger partial charge is 0.416 e. The van der Waals surface area contributed by atoms with Crippen LogP contribution >= 0.6 is 58.0 Å². The third-order valence-electron chi connectivity index (χ3n) is 26.4. The van der Waals surface area contributed by atoms with Crippen molar-refractivity contribution in [3.63, 3.8) is 0 Å². The Hall–Kier alpha value is -12.5. The lowest BCUT2D eigenvalue weighted by Gasteiger charge is -2.36. The Morgan fingerprint density at radius 1 is 0.438 bits per heavy atom. The summed E-state index contributed by atoms with van der Waals surface area (Å²) >= 11 is 31.1. The second kappa shape index (κ2) is 48.4. The summed E-state index contributed by atoms with van der Waals surface area (Å²) in [5.74, 6) is 3.25. The normalized spacial score (nSPS) is 17.3. The molecule has 6 aliphatic heterocycles. The molecule has 35 heteroatoms. The predicted molar refractivity (Wildman–Crippen MR) is 557 cm³/mol. The van der Waals surface area contributed by atoms with Gasteiger partial charge in [-0.1, -0.05) is 119 Å². The molecule has 11 heterocycles. The number of aromatic amines is 4. The molecule has 756 valence electrons. The number of amides is 4. The summed E-state index contributed by atoms with van der Waals surface area (Å²) < 4.78 is 50.8. The van der Waals surface area contributed by atoms with Crippen molar-refractivity contribution in [2.45, 2.75) is 108 Å².